The Labute approximate surface area is 197 Å². The standard InChI is InChI=1S/C26H26N4O2S/c1-17-7-5-9-20(15-17)28-25(31)30(32)21-10-6-8-19(16-21)23-22(18-11-13-27-14-12-18)29-24(33-23)26(2,3)4/h5-16,32H,1-4H3,(H,28,31). The van der Waals surface area contributed by atoms with E-state index in [2.05, 4.69) is 31.1 Å². The highest BCUT2D eigenvalue weighted by Gasteiger charge is 2.24. The molecule has 6 nitrogen and oxygen atoms in total. The van der Waals surface area contributed by atoms with E-state index in [9.17, 15) is 10.0 Å². The molecule has 168 valence electrons. The Kier molecular flexibility index (Phi) is 6.26. The number of thiazole rings is 1. The molecule has 0 aliphatic heterocycles. The second-order valence-corrected chi connectivity index (χ2v) is 9.84. The van der Waals surface area contributed by atoms with Crippen molar-refractivity contribution < 1.29 is 10.0 Å². The van der Waals surface area contributed by atoms with E-state index in [1.165, 1.54) is 0 Å². The van der Waals surface area contributed by atoms with Gasteiger partial charge in [0.05, 0.1) is 21.3 Å². The van der Waals surface area contributed by atoms with Crippen LogP contribution in [0.2, 0.25) is 0 Å². The molecule has 0 spiro atoms. The van der Waals surface area contributed by atoms with Crippen molar-refractivity contribution in [3.05, 3.63) is 83.6 Å². The van der Waals surface area contributed by atoms with Crippen LogP contribution in [0.5, 0.6) is 0 Å². The Hall–Kier alpha value is -3.55. The van der Waals surface area contributed by atoms with Gasteiger partial charge in [0.15, 0.2) is 0 Å². The normalized spacial score (nSPS) is 11.3. The monoisotopic (exact) mass is 458 g/mol. The van der Waals surface area contributed by atoms with Gasteiger partial charge in [0.25, 0.3) is 0 Å². The van der Waals surface area contributed by atoms with E-state index in [-0.39, 0.29) is 5.41 Å². The molecule has 0 fully saturated rings. The smallest absolute Gasteiger partial charge is 0.306 e. The summed E-state index contributed by atoms with van der Waals surface area (Å²) in [7, 11) is 0. The number of aromatic nitrogens is 2. The van der Waals surface area contributed by atoms with Gasteiger partial charge in [0, 0.05) is 29.1 Å². The first-order chi connectivity index (χ1) is 15.7. The largest absolute Gasteiger partial charge is 0.350 e. The summed E-state index contributed by atoms with van der Waals surface area (Å²) >= 11 is 1.62. The number of carbonyl (C=O) groups excluding carboxylic acids is 1. The first-order valence-corrected chi connectivity index (χ1v) is 11.4. The Morgan fingerprint density at radius 3 is 2.42 bits per heavy atom. The van der Waals surface area contributed by atoms with Crippen LogP contribution < -0.4 is 10.4 Å². The molecule has 0 unspecified atom stereocenters. The zero-order chi connectivity index (χ0) is 23.6. The Morgan fingerprint density at radius 2 is 1.73 bits per heavy atom. The number of hydroxylamine groups is 1. The van der Waals surface area contributed by atoms with E-state index >= 15 is 0 Å². The Bertz CT molecular complexity index is 1280. The fourth-order valence-corrected chi connectivity index (χ4v) is 4.48. The lowest BCUT2D eigenvalue weighted by atomic mass is 9.98. The maximum absolute atomic E-state index is 12.6. The maximum Gasteiger partial charge on any atom is 0.350 e. The minimum Gasteiger partial charge on any atom is -0.306 e. The quantitative estimate of drug-likeness (QED) is 0.257. The number of urea groups is 1. The summed E-state index contributed by atoms with van der Waals surface area (Å²) in [6, 6.07) is 17.9. The lowest BCUT2D eigenvalue weighted by Crippen LogP contribution is -2.31. The van der Waals surface area contributed by atoms with Crippen molar-refractivity contribution in [1.29, 1.82) is 0 Å². The van der Waals surface area contributed by atoms with E-state index in [0.717, 1.165) is 32.3 Å². The molecule has 2 N–H and O–H groups in total. The molecule has 0 bridgehead atoms. The molecule has 0 radical (unpaired) electrons. The van der Waals surface area contributed by atoms with E-state index < -0.39 is 6.03 Å². The number of nitrogens with one attached hydrogen (secondary N) is 1. The summed E-state index contributed by atoms with van der Waals surface area (Å²) < 4.78 is 0. The zero-order valence-corrected chi connectivity index (χ0v) is 19.9. The number of rotatable bonds is 4. The minimum atomic E-state index is -0.633. The third-order valence-corrected chi connectivity index (χ3v) is 6.57. The first-order valence-electron chi connectivity index (χ1n) is 10.6. The zero-order valence-electron chi connectivity index (χ0n) is 19.0. The molecular formula is C26H26N4O2S. The molecule has 0 saturated carbocycles. The van der Waals surface area contributed by atoms with Gasteiger partial charge < -0.3 is 5.32 Å². The molecule has 2 aromatic heterocycles. The van der Waals surface area contributed by atoms with Crippen molar-refractivity contribution >= 4 is 28.7 Å². The molecule has 33 heavy (non-hydrogen) atoms. The molecular weight excluding hydrogens is 432 g/mol. The number of carbonyl (C=O) groups is 1. The summed E-state index contributed by atoms with van der Waals surface area (Å²) in [5.74, 6) is 0. The fraction of sp³-hybridized carbons (Fsp3) is 0.192. The van der Waals surface area contributed by atoms with E-state index in [1.807, 2.05) is 49.4 Å². The number of anilines is 2. The van der Waals surface area contributed by atoms with Gasteiger partial charge in [-0.1, -0.05) is 45.0 Å². The summed E-state index contributed by atoms with van der Waals surface area (Å²) in [5.41, 5.74) is 4.58. The molecule has 2 amide bonds. The summed E-state index contributed by atoms with van der Waals surface area (Å²) in [5, 5.41) is 15.0. The molecule has 0 aliphatic rings. The molecule has 2 aromatic carbocycles. The summed E-state index contributed by atoms with van der Waals surface area (Å²) in [6.07, 6.45) is 3.49. The average molecular weight is 459 g/mol. The van der Waals surface area contributed by atoms with Gasteiger partial charge in [0.1, 0.15) is 0 Å². The van der Waals surface area contributed by atoms with Crippen LogP contribution in [0.1, 0.15) is 31.3 Å². The van der Waals surface area contributed by atoms with Crippen LogP contribution in [0.4, 0.5) is 16.2 Å². The fourth-order valence-electron chi connectivity index (χ4n) is 3.34. The maximum atomic E-state index is 12.6. The predicted octanol–water partition coefficient (Wildman–Crippen LogP) is 6.91. The van der Waals surface area contributed by atoms with Crippen LogP contribution in [0.15, 0.2) is 73.1 Å². The predicted molar refractivity (Wildman–Crippen MR) is 134 cm³/mol. The summed E-state index contributed by atoms with van der Waals surface area (Å²) in [4.78, 5) is 22.7. The number of amides is 2. The van der Waals surface area contributed by atoms with Crippen LogP contribution in [-0.4, -0.2) is 21.2 Å². The van der Waals surface area contributed by atoms with E-state index in [4.69, 9.17) is 4.98 Å². The lowest BCUT2D eigenvalue weighted by molar-refractivity contribution is 0.216. The van der Waals surface area contributed by atoms with Crippen LogP contribution in [0.25, 0.3) is 21.7 Å². The minimum absolute atomic E-state index is 0.112. The molecule has 4 aromatic rings. The number of hydrogen-bond acceptors (Lipinski definition) is 5. The molecule has 4 rings (SSSR count). The van der Waals surface area contributed by atoms with Crippen molar-refractivity contribution in [1.82, 2.24) is 9.97 Å². The highest BCUT2D eigenvalue weighted by molar-refractivity contribution is 7.15. The van der Waals surface area contributed by atoms with Gasteiger partial charge in [-0.2, -0.15) is 5.06 Å². The number of benzene rings is 2. The van der Waals surface area contributed by atoms with Gasteiger partial charge in [-0.25, -0.2) is 9.78 Å². The van der Waals surface area contributed by atoms with Gasteiger partial charge >= 0.3 is 6.03 Å². The molecule has 2 heterocycles. The highest BCUT2D eigenvalue weighted by atomic mass is 32.1. The number of aryl methyl sites for hydroxylation is 1. The third-order valence-electron chi connectivity index (χ3n) is 5.04. The number of hydrogen-bond donors (Lipinski definition) is 2. The van der Waals surface area contributed by atoms with Crippen LogP contribution in [-0.2, 0) is 5.41 Å². The van der Waals surface area contributed by atoms with Gasteiger partial charge in [-0.3, -0.25) is 10.2 Å². The summed E-state index contributed by atoms with van der Waals surface area (Å²) in [6.45, 7) is 8.34. The van der Waals surface area contributed by atoms with Crippen LogP contribution in [0.3, 0.4) is 0 Å². The number of pyridine rings is 1. The van der Waals surface area contributed by atoms with Gasteiger partial charge in [0.2, 0.25) is 0 Å². The average Bonchev–Trinajstić information content (AvgIpc) is 3.25. The highest BCUT2D eigenvalue weighted by Crippen LogP contribution is 2.41. The van der Waals surface area contributed by atoms with Crippen molar-refractivity contribution in [3.8, 4) is 21.7 Å². The van der Waals surface area contributed by atoms with Gasteiger partial charge in [-0.15, -0.1) is 11.3 Å². The molecule has 0 aliphatic carbocycles. The topological polar surface area (TPSA) is 78.4 Å². The van der Waals surface area contributed by atoms with Crippen LogP contribution in [0, 0.1) is 6.92 Å². The number of nitrogens with zero attached hydrogens (tertiary/aromatic N) is 3. The van der Waals surface area contributed by atoms with Crippen molar-refractivity contribution in [2.45, 2.75) is 33.1 Å². The van der Waals surface area contributed by atoms with E-state index in [0.29, 0.717) is 16.4 Å². The lowest BCUT2D eigenvalue weighted by Gasteiger charge is -2.17. The first kappa shape index (κ1) is 22.6. The van der Waals surface area contributed by atoms with E-state index in [1.54, 1.807) is 41.9 Å². The second kappa shape index (κ2) is 9.13. The van der Waals surface area contributed by atoms with Crippen molar-refractivity contribution in [2.75, 3.05) is 10.4 Å². The second-order valence-electron chi connectivity index (χ2n) is 8.84. The van der Waals surface area contributed by atoms with Crippen molar-refractivity contribution in [2.24, 2.45) is 0 Å². The molecule has 7 heteroatoms. The Morgan fingerprint density at radius 1 is 1.00 bits per heavy atom. The molecule has 0 saturated heterocycles. The SMILES string of the molecule is Cc1cccc(NC(=O)N(O)c2cccc(-c3sc(C(C)(C)C)nc3-c3ccncc3)c2)c1. The Balaban J connectivity index is 1.69. The van der Waals surface area contributed by atoms with Crippen LogP contribution >= 0.6 is 11.3 Å². The van der Waals surface area contributed by atoms with Crippen molar-refractivity contribution in [3.63, 3.8) is 0 Å². The molecule has 0 atom stereocenters. The third kappa shape index (κ3) is 5.10. The van der Waals surface area contributed by atoms with Gasteiger partial charge in [-0.05, 0) is 54.4 Å².